The first kappa shape index (κ1) is 18.6. The van der Waals surface area contributed by atoms with Gasteiger partial charge < -0.3 is 0 Å². The van der Waals surface area contributed by atoms with Crippen LogP contribution in [-0.4, -0.2) is 17.8 Å². The number of alkyl halides is 1. The SMILES string of the molecule is Cc1ccc(S(=O)(=O)N[C@H](c2ccccc2)[C@@](C)(Br)[N+](=O)[O-])cc1. The third-order valence-electron chi connectivity index (χ3n) is 3.62. The maximum Gasteiger partial charge on any atom is 0.291 e. The van der Waals surface area contributed by atoms with E-state index < -0.39 is 25.4 Å². The van der Waals surface area contributed by atoms with Gasteiger partial charge in [-0.05, 0) is 24.6 Å². The fourth-order valence-corrected chi connectivity index (χ4v) is 4.01. The minimum absolute atomic E-state index is 0.0562. The normalized spacial score (nSPS) is 15.5. The van der Waals surface area contributed by atoms with E-state index in [0.717, 1.165) is 5.56 Å². The summed E-state index contributed by atoms with van der Waals surface area (Å²) in [5, 5.41) is 11.4. The summed E-state index contributed by atoms with van der Waals surface area (Å²) in [6.07, 6.45) is 0. The highest BCUT2D eigenvalue weighted by Gasteiger charge is 2.46. The summed E-state index contributed by atoms with van der Waals surface area (Å²) >= 11 is 3.06. The molecule has 0 heterocycles. The Hall–Kier alpha value is -1.77. The average molecular weight is 413 g/mol. The van der Waals surface area contributed by atoms with Gasteiger partial charge in [-0.25, -0.2) is 8.42 Å². The molecule has 24 heavy (non-hydrogen) atoms. The molecule has 0 bridgehead atoms. The van der Waals surface area contributed by atoms with Crippen molar-refractivity contribution in [3.63, 3.8) is 0 Å². The standard InChI is InChI=1S/C16H17BrN2O4S/c1-12-8-10-14(11-9-12)24(22,23)18-15(16(2,17)19(20)21)13-6-4-3-5-7-13/h3-11,15,18H,1-2H3/t15-,16+/m1/s1. The highest BCUT2D eigenvalue weighted by atomic mass is 79.9. The Morgan fingerprint density at radius 2 is 1.67 bits per heavy atom. The first-order valence-corrected chi connectivity index (χ1v) is 9.39. The number of benzene rings is 2. The van der Waals surface area contributed by atoms with Gasteiger partial charge in [0.25, 0.3) is 4.45 Å². The van der Waals surface area contributed by atoms with Gasteiger partial charge >= 0.3 is 0 Å². The molecule has 0 saturated carbocycles. The summed E-state index contributed by atoms with van der Waals surface area (Å²) in [6, 6.07) is 13.6. The van der Waals surface area contributed by atoms with Gasteiger partial charge in [-0.15, -0.1) is 0 Å². The molecular weight excluding hydrogens is 396 g/mol. The summed E-state index contributed by atoms with van der Waals surface area (Å²) in [5.74, 6) is 0. The van der Waals surface area contributed by atoms with Crippen molar-refractivity contribution in [2.45, 2.75) is 29.2 Å². The Bertz CT molecular complexity index is 821. The molecule has 1 N–H and O–H groups in total. The van der Waals surface area contributed by atoms with Crippen LogP contribution in [0.1, 0.15) is 24.1 Å². The largest absolute Gasteiger partial charge is 0.291 e. The molecule has 128 valence electrons. The monoisotopic (exact) mass is 412 g/mol. The molecule has 0 aliphatic heterocycles. The maximum atomic E-state index is 12.6. The minimum atomic E-state index is -3.93. The van der Waals surface area contributed by atoms with Crippen molar-refractivity contribution < 1.29 is 13.3 Å². The van der Waals surface area contributed by atoms with Gasteiger partial charge in [0.1, 0.15) is 6.04 Å². The molecule has 0 aromatic heterocycles. The van der Waals surface area contributed by atoms with Gasteiger partial charge in [-0.2, -0.15) is 4.72 Å². The third kappa shape index (κ3) is 4.00. The Balaban J connectivity index is 2.45. The lowest BCUT2D eigenvalue weighted by molar-refractivity contribution is -0.536. The predicted octanol–water partition coefficient (Wildman–Crippen LogP) is 3.40. The molecule has 0 aliphatic rings. The topological polar surface area (TPSA) is 89.3 Å². The van der Waals surface area contributed by atoms with Crippen LogP contribution in [0.5, 0.6) is 0 Å². The number of nitrogens with zero attached hydrogens (tertiary/aromatic N) is 1. The Labute approximate surface area is 149 Å². The van der Waals surface area contributed by atoms with E-state index in [1.807, 2.05) is 6.92 Å². The summed E-state index contributed by atoms with van der Waals surface area (Å²) in [6.45, 7) is 3.17. The van der Waals surface area contributed by atoms with E-state index >= 15 is 0 Å². The second-order valence-electron chi connectivity index (χ2n) is 5.56. The van der Waals surface area contributed by atoms with E-state index in [-0.39, 0.29) is 4.90 Å². The highest BCUT2D eigenvalue weighted by Crippen LogP contribution is 2.35. The lowest BCUT2D eigenvalue weighted by Crippen LogP contribution is -2.45. The highest BCUT2D eigenvalue weighted by molar-refractivity contribution is 9.10. The molecule has 0 saturated heterocycles. The van der Waals surface area contributed by atoms with Crippen molar-refractivity contribution in [3.05, 3.63) is 75.8 Å². The number of sulfonamides is 1. The summed E-state index contributed by atoms with van der Waals surface area (Å²) in [4.78, 5) is 10.9. The minimum Gasteiger partial charge on any atom is -0.263 e. The first-order valence-electron chi connectivity index (χ1n) is 7.12. The number of halogens is 1. The van der Waals surface area contributed by atoms with Crippen molar-refractivity contribution in [3.8, 4) is 0 Å². The van der Waals surface area contributed by atoms with E-state index in [1.54, 1.807) is 42.5 Å². The van der Waals surface area contributed by atoms with E-state index in [9.17, 15) is 18.5 Å². The molecule has 2 rings (SSSR count). The zero-order chi connectivity index (χ0) is 18.0. The molecule has 0 radical (unpaired) electrons. The number of nitro groups is 1. The van der Waals surface area contributed by atoms with Gasteiger partial charge in [0.2, 0.25) is 10.0 Å². The zero-order valence-electron chi connectivity index (χ0n) is 13.1. The van der Waals surface area contributed by atoms with Crippen LogP contribution in [-0.2, 0) is 10.0 Å². The van der Waals surface area contributed by atoms with Crippen molar-refractivity contribution in [1.82, 2.24) is 4.72 Å². The van der Waals surface area contributed by atoms with Crippen LogP contribution in [0.3, 0.4) is 0 Å². The number of hydrogen-bond donors (Lipinski definition) is 1. The first-order chi connectivity index (χ1) is 11.1. The van der Waals surface area contributed by atoms with E-state index in [2.05, 4.69) is 20.7 Å². The van der Waals surface area contributed by atoms with Gasteiger partial charge in [0.15, 0.2) is 0 Å². The van der Waals surface area contributed by atoms with Crippen molar-refractivity contribution in [2.75, 3.05) is 0 Å². The summed E-state index contributed by atoms with van der Waals surface area (Å²) in [5.41, 5.74) is 1.41. The maximum absolute atomic E-state index is 12.6. The molecule has 0 fully saturated rings. The molecule has 0 amide bonds. The van der Waals surface area contributed by atoms with Crippen LogP contribution in [0, 0.1) is 17.0 Å². The smallest absolute Gasteiger partial charge is 0.263 e. The van der Waals surface area contributed by atoms with Crippen LogP contribution >= 0.6 is 15.9 Å². The van der Waals surface area contributed by atoms with Crippen molar-refractivity contribution in [1.29, 1.82) is 0 Å². The van der Waals surface area contributed by atoms with Crippen LogP contribution in [0.4, 0.5) is 0 Å². The van der Waals surface area contributed by atoms with E-state index in [0.29, 0.717) is 5.56 Å². The lowest BCUT2D eigenvalue weighted by Gasteiger charge is -2.26. The number of hydrogen-bond acceptors (Lipinski definition) is 4. The molecule has 2 atom stereocenters. The molecule has 8 heteroatoms. The van der Waals surface area contributed by atoms with Crippen LogP contribution < -0.4 is 4.72 Å². The second kappa shape index (κ2) is 7.00. The molecule has 2 aromatic carbocycles. The van der Waals surface area contributed by atoms with Gasteiger partial charge in [-0.1, -0.05) is 48.0 Å². The molecule has 0 spiro atoms. The summed E-state index contributed by atoms with van der Waals surface area (Å²) in [7, 11) is -3.93. The van der Waals surface area contributed by atoms with Crippen LogP contribution in [0.25, 0.3) is 0 Å². The van der Waals surface area contributed by atoms with Gasteiger partial charge in [0, 0.05) is 27.8 Å². The Morgan fingerprint density at radius 3 is 2.17 bits per heavy atom. The molecular formula is C16H17BrN2O4S. The molecule has 0 unspecified atom stereocenters. The second-order valence-corrected chi connectivity index (χ2v) is 8.88. The fourth-order valence-electron chi connectivity index (χ4n) is 2.17. The molecule has 2 aromatic rings. The average Bonchev–Trinajstić information content (AvgIpc) is 2.53. The number of rotatable bonds is 6. The van der Waals surface area contributed by atoms with Crippen molar-refractivity contribution in [2.24, 2.45) is 0 Å². The Kier molecular flexibility index (Phi) is 5.42. The van der Waals surface area contributed by atoms with E-state index in [4.69, 9.17) is 0 Å². The third-order valence-corrected chi connectivity index (χ3v) is 5.81. The quantitative estimate of drug-likeness (QED) is 0.340. The molecule has 6 nitrogen and oxygen atoms in total. The fraction of sp³-hybridized carbons (Fsp3) is 0.250. The molecule has 0 aliphatic carbocycles. The van der Waals surface area contributed by atoms with Gasteiger partial charge in [0.05, 0.1) is 4.90 Å². The van der Waals surface area contributed by atoms with Crippen LogP contribution in [0.15, 0.2) is 59.5 Å². The predicted molar refractivity (Wildman–Crippen MR) is 95.0 cm³/mol. The summed E-state index contributed by atoms with van der Waals surface area (Å²) < 4.78 is 26.0. The van der Waals surface area contributed by atoms with Crippen molar-refractivity contribution >= 4 is 26.0 Å². The van der Waals surface area contributed by atoms with Crippen LogP contribution in [0.2, 0.25) is 0 Å². The van der Waals surface area contributed by atoms with Gasteiger partial charge in [-0.3, -0.25) is 10.1 Å². The number of aryl methyl sites for hydroxylation is 1. The number of nitrogens with one attached hydrogen (secondary N) is 1. The Morgan fingerprint density at radius 1 is 1.12 bits per heavy atom. The zero-order valence-corrected chi connectivity index (χ0v) is 15.5. The van der Waals surface area contributed by atoms with E-state index in [1.165, 1.54) is 19.1 Å². The lowest BCUT2D eigenvalue weighted by atomic mass is 10.0.